The van der Waals surface area contributed by atoms with Crippen molar-refractivity contribution in [3.63, 3.8) is 0 Å². The Kier molecular flexibility index (Phi) is 4.88. The highest BCUT2D eigenvalue weighted by Gasteiger charge is 2.33. The lowest BCUT2D eigenvalue weighted by Crippen LogP contribution is -2.38. The van der Waals surface area contributed by atoms with Crippen LogP contribution in [0.25, 0.3) is 11.4 Å². The molecule has 0 N–H and O–H groups in total. The molecule has 0 aliphatic carbocycles. The van der Waals surface area contributed by atoms with Gasteiger partial charge in [0.2, 0.25) is 21.7 Å². The molecular weight excluding hydrogens is 382 g/mol. The van der Waals surface area contributed by atoms with Crippen molar-refractivity contribution in [2.75, 3.05) is 13.1 Å². The van der Waals surface area contributed by atoms with Crippen LogP contribution < -0.4 is 0 Å². The van der Waals surface area contributed by atoms with E-state index in [4.69, 9.17) is 4.52 Å². The summed E-state index contributed by atoms with van der Waals surface area (Å²) in [6.45, 7) is 4.72. The van der Waals surface area contributed by atoms with E-state index in [1.807, 2.05) is 44.2 Å². The molecule has 0 saturated carbocycles. The molecule has 1 aliphatic heterocycles. The first-order valence-corrected chi connectivity index (χ1v) is 11.2. The zero-order valence-corrected chi connectivity index (χ0v) is 16.9. The number of hydrogen-bond donors (Lipinski definition) is 0. The summed E-state index contributed by atoms with van der Waals surface area (Å²) in [6, 6.07) is 11.5. The highest BCUT2D eigenvalue weighted by molar-refractivity contribution is 7.89. The van der Waals surface area contributed by atoms with Crippen LogP contribution in [-0.2, 0) is 10.0 Å². The van der Waals surface area contributed by atoms with Crippen LogP contribution in [-0.4, -0.2) is 36.0 Å². The zero-order valence-electron chi connectivity index (χ0n) is 15.3. The van der Waals surface area contributed by atoms with Gasteiger partial charge in [0.25, 0.3) is 0 Å². The summed E-state index contributed by atoms with van der Waals surface area (Å²) in [4.78, 5) is 6.82. The van der Waals surface area contributed by atoms with Crippen LogP contribution in [0.2, 0.25) is 0 Å². The van der Waals surface area contributed by atoms with Gasteiger partial charge in [0.05, 0.1) is 4.90 Å². The van der Waals surface area contributed by atoms with Crippen LogP contribution in [0.4, 0.5) is 0 Å². The fourth-order valence-corrected chi connectivity index (χ4v) is 6.44. The molecular formula is C19H21N3O3S2. The Labute approximate surface area is 162 Å². The maximum atomic E-state index is 12.9. The first-order valence-electron chi connectivity index (χ1n) is 8.91. The average molecular weight is 404 g/mol. The zero-order chi connectivity index (χ0) is 19.0. The number of hydrogen-bond acceptors (Lipinski definition) is 6. The Bertz CT molecular complexity index is 1030. The van der Waals surface area contributed by atoms with Gasteiger partial charge in [-0.3, -0.25) is 0 Å². The molecule has 1 aromatic carbocycles. The van der Waals surface area contributed by atoms with Gasteiger partial charge in [-0.25, -0.2) is 8.42 Å². The van der Waals surface area contributed by atoms with E-state index in [9.17, 15) is 8.42 Å². The van der Waals surface area contributed by atoms with Crippen molar-refractivity contribution < 1.29 is 12.9 Å². The second-order valence-electron chi connectivity index (χ2n) is 6.78. The second kappa shape index (κ2) is 7.18. The number of thiophene rings is 1. The molecule has 1 fully saturated rings. The van der Waals surface area contributed by atoms with Crippen LogP contribution in [0, 0.1) is 13.8 Å². The van der Waals surface area contributed by atoms with Crippen molar-refractivity contribution in [3.8, 4) is 11.4 Å². The molecule has 142 valence electrons. The lowest BCUT2D eigenvalue weighted by Gasteiger charge is -2.29. The quantitative estimate of drug-likeness (QED) is 0.658. The molecule has 2 aromatic heterocycles. The third-order valence-electron chi connectivity index (χ3n) is 4.89. The highest BCUT2D eigenvalue weighted by Crippen LogP contribution is 2.33. The monoisotopic (exact) mass is 403 g/mol. The third-order valence-corrected chi connectivity index (χ3v) is 8.01. The van der Waals surface area contributed by atoms with E-state index >= 15 is 0 Å². The van der Waals surface area contributed by atoms with E-state index in [2.05, 4.69) is 10.1 Å². The van der Waals surface area contributed by atoms with E-state index in [0.717, 1.165) is 15.3 Å². The Balaban J connectivity index is 1.46. The normalized spacial score (nSPS) is 16.7. The third kappa shape index (κ3) is 3.56. The van der Waals surface area contributed by atoms with Crippen LogP contribution in [0.5, 0.6) is 0 Å². The summed E-state index contributed by atoms with van der Waals surface area (Å²) in [5, 5.41) is 4.07. The van der Waals surface area contributed by atoms with Gasteiger partial charge in [0, 0.05) is 34.3 Å². The molecule has 1 saturated heterocycles. The summed E-state index contributed by atoms with van der Waals surface area (Å²) >= 11 is 1.52. The van der Waals surface area contributed by atoms with Crippen LogP contribution in [0.1, 0.15) is 34.4 Å². The first kappa shape index (κ1) is 18.3. The van der Waals surface area contributed by atoms with Crippen molar-refractivity contribution in [1.29, 1.82) is 0 Å². The number of aromatic nitrogens is 2. The smallest absolute Gasteiger partial charge is 0.244 e. The van der Waals surface area contributed by atoms with Crippen LogP contribution in [0.15, 0.2) is 45.8 Å². The Morgan fingerprint density at radius 1 is 1.15 bits per heavy atom. The summed E-state index contributed by atoms with van der Waals surface area (Å²) in [7, 11) is -3.44. The van der Waals surface area contributed by atoms with E-state index in [-0.39, 0.29) is 5.92 Å². The van der Waals surface area contributed by atoms with E-state index in [1.165, 1.54) is 11.3 Å². The highest BCUT2D eigenvalue weighted by atomic mass is 32.2. The van der Waals surface area contributed by atoms with E-state index in [0.29, 0.717) is 42.5 Å². The maximum Gasteiger partial charge on any atom is 0.244 e. The van der Waals surface area contributed by atoms with Gasteiger partial charge in [-0.2, -0.15) is 9.29 Å². The van der Waals surface area contributed by atoms with Gasteiger partial charge >= 0.3 is 0 Å². The van der Waals surface area contributed by atoms with E-state index in [1.54, 1.807) is 10.4 Å². The predicted molar refractivity (Wildman–Crippen MR) is 104 cm³/mol. The standard InChI is InChI=1S/C19H21N3O3S2/c1-13-12-17(14(2)26-13)27(23,24)22-10-8-16(9-11-22)19-20-18(21-25-19)15-6-4-3-5-7-15/h3-7,12,16H,8-11H2,1-2H3. The molecule has 3 heterocycles. The predicted octanol–water partition coefficient (Wildman–Crippen LogP) is 3.98. The maximum absolute atomic E-state index is 12.9. The van der Waals surface area contributed by atoms with Crippen LogP contribution >= 0.6 is 11.3 Å². The van der Waals surface area contributed by atoms with Gasteiger partial charge in [-0.1, -0.05) is 35.5 Å². The largest absolute Gasteiger partial charge is 0.339 e. The average Bonchev–Trinajstić information content (AvgIpc) is 3.29. The van der Waals surface area contributed by atoms with Crippen LogP contribution in [0.3, 0.4) is 0 Å². The van der Waals surface area contributed by atoms with Crippen molar-refractivity contribution >= 4 is 21.4 Å². The molecule has 0 unspecified atom stereocenters. The van der Waals surface area contributed by atoms with Gasteiger partial charge in [-0.05, 0) is 32.8 Å². The van der Waals surface area contributed by atoms with Crippen molar-refractivity contribution in [3.05, 3.63) is 52.0 Å². The van der Waals surface area contributed by atoms with Crippen molar-refractivity contribution in [1.82, 2.24) is 14.4 Å². The molecule has 8 heteroatoms. The number of rotatable bonds is 4. The molecule has 0 amide bonds. The van der Waals surface area contributed by atoms with Gasteiger partial charge < -0.3 is 4.52 Å². The molecule has 27 heavy (non-hydrogen) atoms. The molecule has 3 aromatic rings. The van der Waals surface area contributed by atoms with Gasteiger partial charge in [-0.15, -0.1) is 11.3 Å². The Hall–Kier alpha value is -2.03. The fourth-order valence-electron chi connectivity index (χ4n) is 3.45. The van der Waals surface area contributed by atoms with Crippen molar-refractivity contribution in [2.24, 2.45) is 0 Å². The molecule has 0 atom stereocenters. The molecule has 6 nitrogen and oxygen atoms in total. The molecule has 0 spiro atoms. The summed E-state index contributed by atoms with van der Waals surface area (Å²) in [5.41, 5.74) is 0.913. The Morgan fingerprint density at radius 2 is 1.85 bits per heavy atom. The second-order valence-corrected chi connectivity index (χ2v) is 10.1. The topological polar surface area (TPSA) is 76.3 Å². The lowest BCUT2D eigenvalue weighted by atomic mass is 9.98. The molecule has 1 aliphatic rings. The number of nitrogens with zero attached hydrogens (tertiary/aromatic N) is 3. The minimum Gasteiger partial charge on any atom is -0.339 e. The fraction of sp³-hybridized carbons (Fsp3) is 0.368. The number of aryl methyl sites for hydroxylation is 2. The number of benzene rings is 1. The lowest BCUT2D eigenvalue weighted by molar-refractivity contribution is 0.271. The minimum absolute atomic E-state index is 0.0896. The van der Waals surface area contributed by atoms with Gasteiger partial charge in [0.1, 0.15) is 0 Å². The number of piperidine rings is 1. The van der Waals surface area contributed by atoms with Gasteiger partial charge in [0.15, 0.2) is 0 Å². The summed E-state index contributed by atoms with van der Waals surface area (Å²) < 4.78 is 32.9. The summed E-state index contributed by atoms with van der Waals surface area (Å²) in [5.74, 6) is 1.25. The first-order chi connectivity index (χ1) is 12.9. The molecule has 0 bridgehead atoms. The summed E-state index contributed by atoms with van der Waals surface area (Å²) in [6.07, 6.45) is 1.36. The van der Waals surface area contributed by atoms with E-state index < -0.39 is 10.0 Å². The minimum atomic E-state index is -3.44. The number of sulfonamides is 1. The molecule has 4 rings (SSSR count). The van der Waals surface area contributed by atoms with Crippen molar-refractivity contribution in [2.45, 2.75) is 37.5 Å². The molecule has 0 radical (unpaired) electrons. The SMILES string of the molecule is Cc1cc(S(=O)(=O)N2CCC(c3nc(-c4ccccc4)no3)CC2)c(C)s1. The Morgan fingerprint density at radius 3 is 2.48 bits per heavy atom.